The molecule has 9 heteroatoms. The van der Waals surface area contributed by atoms with Crippen molar-refractivity contribution in [3.05, 3.63) is 89.7 Å². The third kappa shape index (κ3) is 5.70. The van der Waals surface area contributed by atoms with Crippen molar-refractivity contribution in [1.82, 2.24) is 4.90 Å². The molecule has 0 spiro atoms. The molecule has 2 N–H and O–H groups in total. The van der Waals surface area contributed by atoms with Gasteiger partial charge in [0.1, 0.15) is 5.82 Å². The van der Waals surface area contributed by atoms with Gasteiger partial charge in [0.2, 0.25) is 5.91 Å². The highest BCUT2D eigenvalue weighted by Gasteiger charge is 2.21. The van der Waals surface area contributed by atoms with E-state index >= 15 is 0 Å². The van der Waals surface area contributed by atoms with Gasteiger partial charge in [-0.2, -0.15) is 0 Å². The number of amides is 2. The zero-order valence-corrected chi connectivity index (χ0v) is 18.3. The van der Waals surface area contributed by atoms with Gasteiger partial charge in [-0.1, -0.05) is 29.8 Å². The van der Waals surface area contributed by atoms with E-state index < -0.39 is 27.7 Å². The smallest absolute Gasteiger partial charge is 0.261 e. The van der Waals surface area contributed by atoms with Crippen molar-refractivity contribution in [3.63, 3.8) is 0 Å². The second-order valence-electron chi connectivity index (χ2n) is 7.18. The molecule has 0 heterocycles. The molecule has 0 atom stereocenters. The number of para-hydroxylation sites is 1. The van der Waals surface area contributed by atoms with Crippen molar-refractivity contribution < 1.29 is 22.4 Å². The number of nitrogens with zero attached hydrogens (tertiary/aromatic N) is 1. The van der Waals surface area contributed by atoms with E-state index in [2.05, 4.69) is 10.0 Å². The van der Waals surface area contributed by atoms with Gasteiger partial charge in [0.05, 0.1) is 22.7 Å². The minimum absolute atomic E-state index is 0.0487. The van der Waals surface area contributed by atoms with Crippen LogP contribution < -0.4 is 10.0 Å². The van der Waals surface area contributed by atoms with E-state index in [0.717, 1.165) is 29.8 Å². The molecule has 0 radical (unpaired) electrons. The fraction of sp³-hybridized carbons (Fsp3) is 0.130. The van der Waals surface area contributed by atoms with E-state index in [0.29, 0.717) is 5.69 Å². The Morgan fingerprint density at radius 1 is 0.938 bits per heavy atom. The van der Waals surface area contributed by atoms with Crippen molar-refractivity contribution in [3.8, 4) is 0 Å². The van der Waals surface area contributed by atoms with Gasteiger partial charge >= 0.3 is 0 Å². The largest absolute Gasteiger partial charge is 0.332 e. The fourth-order valence-corrected chi connectivity index (χ4v) is 3.99. The number of rotatable bonds is 7. The van der Waals surface area contributed by atoms with Gasteiger partial charge in [0, 0.05) is 12.7 Å². The van der Waals surface area contributed by atoms with Crippen LogP contribution in [0.4, 0.5) is 15.8 Å². The Hall–Kier alpha value is -3.72. The summed E-state index contributed by atoms with van der Waals surface area (Å²) in [5, 5.41) is 2.71. The lowest BCUT2D eigenvalue weighted by molar-refractivity contribution is -0.116. The average molecular weight is 456 g/mol. The predicted molar refractivity (Wildman–Crippen MR) is 120 cm³/mol. The number of halogens is 1. The topological polar surface area (TPSA) is 95.6 Å². The minimum atomic E-state index is -4.05. The summed E-state index contributed by atoms with van der Waals surface area (Å²) in [6.45, 7) is 1.70. The second-order valence-corrected chi connectivity index (χ2v) is 8.86. The van der Waals surface area contributed by atoms with E-state index in [9.17, 15) is 22.4 Å². The SMILES string of the molecule is Cc1ccc(NC(=O)CN(C)C(=O)c2ccccc2NS(=O)(=O)c2ccc(F)cc2)cc1. The van der Waals surface area contributed by atoms with Crippen LogP contribution in [0.25, 0.3) is 0 Å². The number of sulfonamides is 1. The number of likely N-dealkylation sites (N-methyl/N-ethyl adjacent to an activating group) is 1. The van der Waals surface area contributed by atoms with Crippen LogP contribution in [0.2, 0.25) is 0 Å². The summed E-state index contributed by atoms with van der Waals surface area (Å²) in [5.41, 5.74) is 1.78. The van der Waals surface area contributed by atoms with Gasteiger partial charge in [-0.25, -0.2) is 12.8 Å². The van der Waals surface area contributed by atoms with Crippen LogP contribution in [0.15, 0.2) is 77.7 Å². The highest BCUT2D eigenvalue weighted by atomic mass is 32.2. The Morgan fingerprint density at radius 2 is 1.56 bits per heavy atom. The van der Waals surface area contributed by atoms with Crippen LogP contribution in [0.5, 0.6) is 0 Å². The van der Waals surface area contributed by atoms with E-state index in [-0.39, 0.29) is 22.7 Å². The molecule has 0 aromatic heterocycles. The first-order valence-electron chi connectivity index (χ1n) is 9.65. The Balaban J connectivity index is 1.73. The Kier molecular flexibility index (Phi) is 6.89. The molecule has 0 aliphatic rings. The summed E-state index contributed by atoms with van der Waals surface area (Å²) < 4.78 is 40.8. The zero-order chi connectivity index (χ0) is 23.3. The van der Waals surface area contributed by atoms with Crippen LogP contribution in [-0.2, 0) is 14.8 Å². The van der Waals surface area contributed by atoms with Gasteiger partial charge < -0.3 is 10.2 Å². The summed E-state index contributed by atoms with van der Waals surface area (Å²) in [5.74, 6) is -1.50. The van der Waals surface area contributed by atoms with Gasteiger partial charge in [0.25, 0.3) is 15.9 Å². The summed E-state index contributed by atoms with van der Waals surface area (Å²) in [4.78, 5) is 26.3. The van der Waals surface area contributed by atoms with Crippen LogP contribution in [0, 0.1) is 12.7 Å². The van der Waals surface area contributed by atoms with Gasteiger partial charge in [-0.05, 0) is 55.5 Å². The maximum absolute atomic E-state index is 13.1. The quantitative estimate of drug-likeness (QED) is 0.569. The van der Waals surface area contributed by atoms with Crippen molar-refractivity contribution >= 4 is 33.2 Å². The lowest BCUT2D eigenvalue weighted by Gasteiger charge is -2.19. The molecule has 0 aliphatic heterocycles. The van der Waals surface area contributed by atoms with Crippen LogP contribution in [-0.4, -0.2) is 38.7 Å². The molecule has 3 rings (SSSR count). The van der Waals surface area contributed by atoms with Gasteiger partial charge in [0.15, 0.2) is 0 Å². The van der Waals surface area contributed by atoms with Gasteiger partial charge in [-0.15, -0.1) is 0 Å². The van der Waals surface area contributed by atoms with Crippen LogP contribution in [0.3, 0.4) is 0 Å². The van der Waals surface area contributed by atoms with Crippen LogP contribution >= 0.6 is 0 Å². The molecule has 7 nitrogen and oxygen atoms in total. The molecular formula is C23H22FN3O4S. The zero-order valence-electron chi connectivity index (χ0n) is 17.5. The number of benzene rings is 3. The molecule has 32 heavy (non-hydrogen) atoms. The molecule has 0 aliphatic carbocycles. The molecule has 0 saturated carbocycles. The van der Waals surface area contributed by atoms with Crippen molar-refractivity contribution in [2.24, 2.45) is 0 Å². The summed E-state index contributed by atoms with van der Waals surface area (Å²) >= 11 is 0. The van der Waals surface area contributed by atoms with Crippen molar-refractivity contribution in [2.45, 2.75) is 11.8 Å². The molecule has 3 aromatic carbocycles. The minimum Gasteiger partial charge on any atom is -0.332 e. The first-order valence-corrected chi connectivity index (χ1v) is 11.1. The predicted octanol–water partition coefficient (Wildman–Crippen LogP) is 3.65. The van der Waals surface area contributed by atoms with Crippen molar-refractivity contribution in [1.29, 1.82) is 0 Å². The standard InChI is InChI=1S/C23H22FN3O4S/c1-16-7-11-18(12-8-16)25-22(28)15-27(2)23(29)20-5-3-4-6-21(20)26-32(30,31)19-13-9-17(24)10-14-19/h3-14,26H,15H2,1-2H3,(H,25,28). The number of aryl methyl sites for hydroxylation is 1. The Morgan fingerprint density at radius 3 is 2.22 bits per heavy atom. The molecule has 0 saturated heterocycles. The maximum atomic E-state index is 13.1. The monoisotopic (exact) mass is 455 g/mol. The number of hydrogen-bond donors (Lipinski definition) is 2. The third-order valence-corrected chi connectivity index (χ3v) is 5.97. The lowest BCUT2D eigenvalue weighted by Crippen LogP contribution is -2.35. The number of carbonyl (C=O) groups is 2. The summed E-state index contributed by atoms with van der Waals surface area (Å²) in [6.07, 6.45) is 0. The summed E-state index contributed by atoms with van der Waals surface area (Å²) in [6, 6.07) is 17.6. The van der Waals surface area contributed by atoms with E-state index in [1.807, 2.05) is 19.1 Å². The van der Waals surface area contributed by atoms with E-state index in [4.69, 9.17) is 0 Å². The average Bonchev–Trinajstić information content (AvgIpc) is 2.75. The fourth-order valence-electron chi connectivity index (χ4n) is 2.91. The van der Waals surface area contributed by atoms with E-state index in [1.165, 1.54) is 24.1 Å². The first kappa shape index (κ1) is 23.0. The molecule has 3 aromatic rings. The number of hydrogen-bond acceptors (Lipinski definition) is 4. The summed E-state index contributed by atoms with van der Waals surface area (Å²) in [7, 11) is -2.60. The first-order chi connectivity index (χ1) is 15.2. The third-order valence-electron chi connectivity index (χ3n) is 4.59. The highest BCUT2D eigenvalue weighted by Crippen LogP contribution is 2.21. The van der Waals surface area contributed by atoms with E-state index in [1.54, 1.807) is 24.3 Å². The Labute approximate surface area is 185 Å². The molecule has 0 bridgehead atoms. The normalized spacial score (nSPS) is 11.0. The number of anilines is 2. The maximum Gasteiger partial charge on any atom is 0.261 e. The highest BCUT2D eigenvalue weighted by molar-refractivity contribution is 7.92. The van der Waals surface area contributed by atoms with Crippen molar-refractivity contribution in [2.75, 3.05) is 23.6 Å². The second kappa shape index (κ2) is 9.61. The lowest BCUT2D eigenvalue weighted by atomic mass is 10.1. The van der Waals surface area contributed by atoms with Crippen LogP contribution in [0.1, 0.15) is 15.9 Å². The molecule has 0 fully saturated rings. The number of carbonyl (C=O) groups excluding carboxylic acids is 2. The molecule has 2 amide bonds. The number of nitrogens with one attached hydrogen (secondary N) is 2. The molecule has 166 valence electrons. The van der Waals surface area contributed by atoms with Gasteiger partial charge in [-0.3, -0.25) is 14.3 Å². The molecular weight excluding hydrogens is 433 g/mol. The molecule has 0 unspecified atom stereocenters. The Bertz CT molecular complexity index is 1230.